The van der Waals surface area contributed by atoms with E-state index >= 15 is 0 Å². The first-order valence-electron chi connectivity index (χ1n) is 8.97. The van der Waals surface area contributed by atoms with Crippen LogP contribution in [0.25, 0.3) is 21.9 Å². The molecule has 0 aliphatic heterocycles. The number of hydrogen-bond donors (Lipinski definition) is 1. The van der Waals surface area contributed by atoms with Crippen LogP contribution in [0.5, 0.6) is 23.4 Å². The normalized spacial score (nSPS) is 11.2. The van der Waals surface area contributed by atoms with Crippen LogP contribution >= 0.6 is 0 Å². The molecule has 0 spiro atoms. The van der Waals surface area contributed by atoms with E-state index in [1.807, 2.05) is 0 Å². The van der Waals surface area contributed by atoms with Crippen molar-refractivity contribution in [1.29, 1.82) is 0 Å². The minimum absolute atomic E-state index is 0.0185. The van der Waals surface area contributed by atoms with Crippen LogP contribution in [0.3, 0.4) is 0 Å². The van der Waals surface area contributed by atoms with E-state index in [0.717, 1.165) is 0 Å². The number of fused-ring (bicyclic) bond motifs is 3. The molecule has 0 fully saturated rings. The van der Waals surface area contributed by atoms with Crippen LogP contribution in [0.15, 0.2) is 43.0 Å². The second-order valence-corrected chi connectivity index (χ2v) is 6.49. The first-order chi connectivity index (χ1) is 14.5. The van der Waals surface area contributed by atoms with Crippen LogP contribution in [-0.4, -0.2) is 34.9 Å². The quantitative estimate of drug-likeness (QED) is 0.479. The number of rotatable bonds is 4. The van der Waals surface area contributed by atoms with E-state index in [4.69, 9.17) is 9.47 Å². The molecular formula is C20H14FN7O2. The van der Waals surface area contributed by atoms with Gasteiger partial charge >= 0.3 is 6.01 Å². The van der Waals surface area contributed by atoms with Crippen molar-refractivity contribution < 1.29 is 13.9 Å². The van der Waals surface area contributed by atoms with E-state index in [9.17, 15) is 4.39 Å². The summed E-state index contributed by atoms with van der Waals surface area (Å²) in [7, 11) is 0. The molecule has 5 aromatic rings. The molecule has 0 bridgehead atoms. The Labute approximate surface area is 169 Å². The van der Waals surface area contributed by atoms with Crippen molar-refractivity contribution in [3.8, 4) is 23.4 Å². The predicted octanol–water partition coefficient (Wildman–Crippen LogP) is 4.03. The third kappa shape index (κ3) is 3.34. The van der Waals surface area contributed by atoms with E-state index < -0.39 is 0 Å². The van der Waals surface area contributed by atoms with Crippen molar-refractivity contribution in [3.05, 3.63) is 60.5 Å². The summed E-state index contributed by atoms with van der Waals surface area (Å²) >= 11 is 0. The number of aromatic nitrogens is 7. The van der Waals surface area contributed by atoms with E-state index in [1.165, 1.54) is 36.9 Å². The van der Waals surface area contributed by atoms with E-state index in [0.29, 0.717) is 45.1 Å². The summed E-state index contributed by atoms with van der Waals surface area (Å²) in [6, 6.07) is 4.40. The minimum Gasteiger partial charge on any atom is -0.435 e. The van der Waals surface area contributed by atoms with Gasteiger partial charge in [0.15, 0.2) is 11.5 Å². The average Bonchev–Trinajstić information content (AvgIpc) is 3.09. The fourth-order valence-electron chi connectivity index (χ4n) is 2.92. The van der Waals surface area contributed by atoms with Gasteiger partial charge in [0.2, 0.25) is 5.88 Å². The summed E-state index contributed by atoms with van der Waals surface area (Å²) in [5.74, 6) is 1.74. The summed E-state index contributed by atoms with van der Waals surface area (Å²) in [5, 5.41) is 1.09. The van der Waals surface area contributed by atoms with Gasteiger partial charge in [-0.3, -0.25) is 0 Å². The molecule has 4 aromatic heterocycles. The zero-order valence-corrected chi connectivity index (χ0v) is 15.9. The number of halogens is 1. The van der Waals surface area contributed by atoms with E-state index in [2.05, 4.69) is 34.9 Å². The third-order valence-electron chi connectivity index (χ3n) is 4.30. The van der Waals surface area contributed by atoms with Crippen molar-refractivity contribution in [2.75, 3.05) is 0 Å². The highest BCUT2D eigenvalue weighted by Crippen LogP contribution is 2.35. The fraction of sp³-hybridized carbons (Fsp3) is 0.100. The summed E-state index contributed by atoms with van der Waals surface area (Å²) in [5.41, 5.74) is 1.11. The van der Waals surface area contributed by atoms with Gasteiger partial charge in [-0.25, -0.2) is 24.3 Å². The Balaban J connectivity index is 1.66. The molecule has 30 heavy (non-hydrogen) atoms. The molecule has 0 aliphatic carbocycles. The average molecular weight is 403 g/mol. The van der Waals surface area contributed by atoms with Crippen molar-refractivity contribution >= 4 is 21.9 Å². The Morgan fingerprint density at radius 3 is 2.13 bits per heavy atom. The molecule has 0 saturated heterocycles. The van der Waals surface area contributed by atoms with Gasteiger partial charge in [0, 0.05) is 10.9 Å². The lowest BCUT2D eigenvalue weighted by Crippen LogP contribution is -1.98. The van der Waals surface area contributed by atoms with Crippen molar-refractivity contribution in [2.24, 2.45) is 0 Å². The maximum absolute atomic E-state index is 13.9. The van der Waals surface area contributed by atoms with Crippen LogP contribution in [0.1, 0.15) is 11.6 Å². The highest BCUT2D eigenvalue weighted by atomic mass is 19.1. The summed E-state index contributed by atoms with van der Waals surface area (Å²) < 4.78 is 25.5. The maximum atomic E-state index is 13.9. The van der Waals surface area contributed by atoms with Crippen molar-refractivity contribution in [3.63, 3.8) is 0 Å². The summed E-state index contributed by atoms with van der Waals surface area (Å²) in [6.45, 7) is 3.54. The van der Waals surface area contributed by atoms with Crippen LogP contribution in [0.2, 0.25) is 0 Å². The monoisotopic (exact) mass is 403 g/mol. The smallest absolute Gasteiger partial charge is 0.327 e. The summed E-state index contributed by atoms with van der Waals surface area (Å²) in [6.07, 6.45) is 6.09. The number of H-pyrrole nitrogens is 1. The van der Waals surface area contributed by atoms with E-state index in [-0.39, 0.29) is 17.7 Å². The topological polar surface area (TPSA) is 112 Å². The highest BCUT2D eigenvalue weighted by Gasteiger charge is 2.18. The van der Waals surface area contributed by atoms with Gasteiger partial charge in [0.1, 0.15) is 23.1 Å². The highest BCUT2D eigenvalue weighted by molar-refractivity contribution is 6.08. The second-order valence-electron chi connectivity index (χ2n) is 6.49. The van der Waals surface area contributed by atoms with Gasteiger partial charge in [-0.2, -0.15) is 9.97 Å². The van der Waals surface area contributed by atoms with Gasteiger partial charge in [-0.1, -0.05) is 0 Å². The van der Waals surface area contributed by atoms with Crippen LogP contribution in [0, 0.1) is 19.7 Å². The van der Waals surface area contributed by atoms with Crippen molar-refractivity contribution in [2.45, 2.75) is 13.8 Å². The SMILES string of the molecule is Cc1ncc(Oc2nc(Oc3cnc(C)nc3)c3c(n2)[nH]c2ccc(F)cc23)cn1. The lowest BCUT2D eigenvalue weighted by Gasteiger charge is -2.08. The molecule has 148 valence electrons. The molecule has 0 atom stereocenters. The zero-order chi connectivity index (χ0) is 20.7. The molecule has 0 radical (unpaired) electrons. The maximum Gasteiger partial charge on any atom is 0.327 e. The molecule has 0 amide bonds. The molecule has 0 saturated carbocycles. The molecule has 1 N–H and O–H groups in total. The summed E-state index contributed by atoms with van der Waals surface area (Å²) in [4.78, 5) is 28.3. The largest absolute Gasteiger partial charge is 0.435 e. The molecule has 5 rings (SSSR count). The second kappa shape index (κ2) is 6.99. The zero-order valence-electron chi connectivity index (χ0n) is 15.9. The molecular weight excluding hydrogens is 389 g/mol. The van der Waals surface area contributed by atoms with Gasteiger partial charge in [-0.05, 0) is 32.0 Å². The van der Waals surface area contributed by atoms with E-state index in [1.54, 1.807) is 19.9 Å². The number of nitrogens with zero attached hydrogens (tertiary/aromatic N) is 6. The third-order valence-corrected chi connectivity index (χ3v) is 4.30. The molecule has 0 unspecified atom stereocenters. The Hall–Kier alpha value is -4.21. The molecule has 0 aliphatic rings. The number of benzene rings is 1. The van der Waals surface area contributed by atoms with Crippen LogP contribution in [0.4, 0.5) is 4.39 Å². The Morgan fingerprint density at radius 2 is 1.47 bits per heavy atom. The fourth-order valence-corrected chi connectivity index (χ4v) is 2.92. The molecule has 1 aromatic carbocycles. The van der Waals surface area contributed by atoms with Crippen LogP contribution < -0.4 is 9.47 Å². The Kier molecular flexibility index (Phi) is 4.16. The number of ether oxygens (including phenoxy) is 2. The molecule has 10 heteroatoms. The van der Waals surface area contributed by atoms with Crippen LogP contribution in [-0.2, 0) is 0 Å². The number of hydrogen-bond acceptors (Lipinski definition) is 8. The molecule has 4 heterocycles. The van der Waals surface area contributed by atoms with Gasteiger partial charge in [0.25, 0.3) is 0 Å². The first kappa shape index (κ1) is 17.9. The van der Waals surface area contributed by atoms with Gasteiger partial charge < -0.3 is 14.5 Å². The number of aryl methyl sites for hydroxylation is 2. The Bertz CT molecular complexity index is 1370. The lowest BCUT2D eigenvalue weighted by atomic mass is 10.2. The number of nitrogens with one attached hydrogen (secondary N) is 1. The predicted molar refractivity (Wildman–Crippen MR) is 105 cm³/mol. The Morgan fingerprint density at radius 1 is 0.833 bits per heavy atom. The number of aromatic amines is 1. The molecule has 9 nitrogen and oxygen atoms in total. The van der Waals surface area contributed by atoms with Crippen molar-refractivity contribution in [1.82, 2.24) is 34.9 Å². The lowest BCUT2D eigenvalue weighted by molar-refractivity contribution is 0.413. The standard InChI is InChI=1S/C20H14FN7O2/c1-10-22-6-13(7-23-10)29-19-17-15-5-12(21)3-4-16(15)26-18(17)27-20(28-19)30-14-8-24-11(2)25-9-14/h3-9H,1-2H3,(H,26,27,28). The minimum atomic E-state index is -0.384. The first-order valence-corrected chi connectivity index (χ1v) is 8.97. The van der Waals surface area contributed by atoms with Gasteiger partial charge in [0.05, 0.1) is 30.2 Å². The van der Waals surface area contributed by atoms with Gasteiger partial charge in [-0.15, -0.1) is 0 Å².